The first-order chi connectivity index (χ1) is 16.1. The van der Waals surface area contributed by atoms with Crippen LogP contribution in [0.4, 0.5) is 4.39 Å². The molecule has 0 amide bonds. The van der Waals surface area contributed by atoms with Gasteiger partial charge in [0.05, 0.1) is 30.9 Å². The quantitative estimate of drug-likeness (QED) is 0.276. The van der Waals surface area contributed by atoms with Crippen LogP contribution in [-0.2, 0) is 23.4 Å². The highest BCUT2D eigenvalue weighted by molar-refractivity contribution is 7.80. The van der Waals surface area contributed by atoms with E-state index in [1.807, 2.05) is 0 Å². The Bertz CT molecular complexity index is 975. The average molecular weight is 513 g/mol. The highest BCUT2D eigenvalue weighted by Gasteiger charge is 2.42. The van der Waals surface area contributed by atoms with Crippen molar-refractivity contribution in [3.8, 4) is 5.75 Å². The second kappa shape index (κ2) is 11.4. The third-order valence-corrected chi connectivity index (χ3v) is 7.33. The number of alkyl halides is 1. The molecule has 0 spiro atoms. The molecule has 0 radical (unpaired) electrons. The number of carbonyl (C=O) groups excluding carboxylic acids is 1. The van der Waals surface area contributed by atoms with Crippen molar-refractivity contribution in [2.24, 2.45) is 5.92 Å². The van der Waals surface area contributed by atoms with Crippen molar-refractivity contribution >= 4 is 30.8 Å². The van der Waals surface area contributed by atoms with Crippen molar-refractivity contribution in [2.45, 2.75) is 51.8 Å². The zero-order valence-corrected chi connectivity index (χ0v) is 21.1. The van der Waals surface area contributed by atoms with Gasteiger partial charge in [0.15, 0.2) is 6.23 Å². The first-order valence-corrected chi connectivity index (χ1v) is 13.1. The maximum absolute atomic E-state index is 14.8. The number of nitrogens with one attached hydrogen (secondary N) is 1. The molecule has 0 bridgehead atoms. The lowest BCUT2D eigenvalue weighted by molar-refractivity contribution is -0.151. The van der Waals surface area contributed by atoms with Crippen molar-refractivity contribution < 1.29 is 32.3 Å². The number of hydrogen-bond donors (Lipinski definition) is 1. The van der Waals surface area contributed by atoms with Crippen LogP contribution in [0.5, 0.6) is 5.75 Å². The van der Waals surface area contributed by atoms with Gasteiger partial charge in [0, 0.05) is 12.6 Å². The van der Waals surface area contributed by atoms with Crippen LogP contribution in [0.15, 0.2) is 55.0 Å². The lowest BCUT2D eigenvalue weighted by Crippen LogP contribution is -2.43. The van der Waals surface area contributed by atoms with Crippen LogP contribution in [-0.4, -0.2) is 53.2 Å². The lowest BCUT2D eigenvalue weighted by atomic mass is 10.2. The molecule has 186 valence electrons. The minimum atomic E-state index is -3.82. The van der Waals surface area contributed by atoms with Crippen LogP contribution in [0.1, 0.15) is 27.2 Å². The van der Waals surface area contributed by atoms with E-state index in [0.29, 0.717) is 16.6 Å². The minimum Gasteiger partial charge on any atom is -0.463 e. The van der Waals surface area contributed by atoms with Gasteiger partial charge in [-0.2, -0.15) is 0 Å². The summed E-state index contributed by atoms with van der Waals surface area (Å²) < 4.78 is 50.9. The van der Waals surface area contributed by atoms with Crippen LogP contribution in [0.2, 0.25) is 0 Å². The van der Waals surface area contributed by atoms with Gasteiger partial charge >= 0.3 is 13.6 Å². The largest absolute Gasteiger partial charge is 0.463 e. The Morgan fingerprint density at radius 2 is 2.06 bits per heavy atom. The van der Waals surface area contributed by atoms with Gasteiger partial charge in [0.1, 0.15) is 22.7 Å². The predicted molar refractivity (Wildman–Crippen MR) is 130 cm³/mol. The fourth-order valence-electron chi connectivity index (χ4n) is 3.49. The van der Waals surface area contributed by atoms with E-state index in [1.165, 1.54) is 4.90 Å². The van der Waals surface area contributed by atoms with Gasteiger partial charge in [0.2, 0.25) is 0 Å². The number of carbonyl (C=O) groups is 1. The Morgan fingerprint density at radius 1 is 1.35 bits per heavy atom. The number of rotatable bonds is 10. The van der Waals surface area contributed by atoms with Crippen molar-refractivity contribution in [1.29, 1.82) is 0 Å². The van der Waals surface area contributed by atoms with E-state index < -0.39 is 38.0 Å². The monoisotopic (exact) mass is 512 g/mol. The number of ether oxygens (including phenoxy) is 2. The van der Waals surface area contributed by atoms with Gasteiger partial charge in [-0.15, -0.1) is 0 Å². The summed E-state index contributed by atoms with van der Waals surface area (Å²) in [5.74, 6) is -0.505. The lowest BCUT2D eigenvalue weighted by Gasteiger charge is -2.32. The minimum absolute atomic E-state index is 0.0308. The normalized spacial score (nSPS) is 25.1. The molecule has 2 unspecified atom stereocenters. The summed E-state index contributed by atoms with van der Waals surface area (Å²) in [6.07, 6.45) is -0.200. The maximum atomic E-state index is 14.8. The third kappa shape index (κ3) is 7.12. The first kappa shape index (κ1) is 26.3. The standard InChI is InChI=1S/C23H30FN2O6PS/c1-15(2)30-23(27)16(3)14-33(28,32-18-8-6-5-7-9-18)29-13-19-12-20(24)22(31-19)26-11-10-21(34)25-17(26)4/h5-11,15-16,19-20,22H,4,12-14H2,1-3H3,(H,25,34)/t16-,19+,20?,22-,33?/m1/s1. The van der Waals surface area contributed by atoms with Crippen molar-refractivity contribution in [1.82, 2.24) is 10.2 Å². The van der Waals surface area contributed by atoms with Crippen molar-refractivity contribution in [2.75, 3.05) is 12.8 Å². The van der Waals surface area contributed by atoms with Gasteiger partial charge in [0.25, 0.3) is 0 Å². The molecule has 2 aliphatic heterocycles. The number of benzene rings is 1. The van der Waals surface area contributed by atoms with Crippen LogP contribution < -0.4 is 9.84 Å². The fourth-order valence-corrected chi connectivity index (χ4v) is 5.56. The Morgan fingerprint density at radius 3 is 2.71 bits per heavy atom. The summed E-state index contributed by atoms with van der Waals surface area (Å²) in [5.41, 5.74) is 0. The van der Waals surface area contributed by atoms with Crippen LogP contribution in [0, 0.1) is 5.92 Å². The van der Waals surface area contributed by atoms with E-state index in [-0.39, 0.29) is 25.3 Å². The molecule has 8 nitrogen and oxygen atoms in total. The zero-order chi connectivity index (χ0) is 24.9. The molecular weight excluding hydrogens is 482 g/mol. The molecule has 5 atom stereocenters. The van der Waals surface area contributed by atoms with Gasteiger partial charge in [-0.3, -0.25) is 9.32 Å². The topological polar surface area (TPSA) is 86.3 Å². The van der Waals surface area contributed by atoms with E-state index >= 15 is 0 Å². The number of hydrogen-bond acceptors (Lipinski definition) is 8. The molecule has 1 saturated heterocycles. The van der Waals surface area contributed by atoms with E-state index in [0.717, 1.165) is 0 Å². The molecule has 11 heteroatoms. The summed E-state index contributed by atoms with van der Waals surface area (Å²) >= 11 is 5.06. The van der Waals surface area contributed by atoms with Gasteiger partial charge in [-0.1, -0.05) is 43.9 Å². The Kier molecular flexibility index (Phi) is 8.87. The second-order valence-corrected chi connectivity index (χ2v) is 10.9. The Balaban J connectivity index is 1.67. The molecule has 1 aromatic rings. The summed E-state index contributed by atoms with van der Waals surface area (Å²) in [5, 5.41) is 2.86. The number of nitrogens with zero attached hydrogens (tertiary/aromatic N) is 1. The summed E-state index contributed by atoms with van der Waals surface area (Å²) in [6, 6.07) is 8.52. The van der Waals surface area contributed by atoms with Crippen molar-refractivity contribution in [3.63, 3.8) is 0 Å². The van der Waals surface area contributed by atoms with Crippen LogP contribution in [0.3, 0.4) is 0 Å². The smallest absolute Gasteiger partial charge is 0.380 e. The molecule has 2 aliphatic rings. The Labute approximate surface area is 204 Å². The van der Waals surface area contributed by atoms with Gasteiger partial charge in [-0.25, -0.2) is 8.96 Å². The molecule has 1 N–H and O–H groups in total. The summed E-state index contributed by atoms with van der Waals surface area (Å²) in [6.45, 7) is 8.73. The van der Waals surface area contributed by atoms with E-state index in [2.05, 4.69) is 11.9 Å². The van der Waals surface area contributed by atoms with Gasteiger partial charge in [-0.05, 0) is 32.1 Å². The molecule has 1 aromatic carbocycles. The van der Waals surface area contributed by atoms with Gasteiger partial charge < -0.3 is 24.2 Å². The molecular formula is C23H30FN2O6PS. The highest BCUT2D eigenvalue weighted by atomic mass is 32.1. The number of esters is 1. The second-order valence-electron chi connectivity index (χ2n) is 8.44. The summed E-state index contributed by atoms with van der Waals surface area (Å²) in [7, 11) is -3.82. The number of thiocarbonyl (C=S) groups is 1. The average Bonchev–Trinajstić information content (AvgIpc) is 3.13. The maximum Gasteiger partial charge on any atom is 0.380 e. The Hall–Kier alpha value is -2.26. The molecule has 0 aromatic heterocycles. The molecule has 1 fully saturated rings. The van der Waals surface area contributed by atoms with E-state index in [9.17, 15) is 13.8 Å². The van der Waals surface area contributed by atoms with Crippen molar-refractivity contribution in [3.05, 3.63) is 55.0 Å². The predicted octanol–water partition coefficient (Wildman–Crippen LogP) is 4.53. The molecule has 2 heterocycles. The first-order valence-electron chi connectivity index (χ1n) is 11.0. The SMILES string of the molecule is C=C1NC(=S)C=CN1[C@@H]1O[C@H](COP(=O)(C[C@@H](C)C(=O)OC(C)C)Oc2ccccc2)CC1F. The van der Waals surface area contributed by atoms with Crippen LogP contribution in [0.25, 0.3) is 0 Å². The molecule has 3 rings (SSSR count). The fraction of sp³-hybridized carbons (Fsp3) is 0.478. The third-order valence-electron chi connectivity index (χ3n) is 5.07. The summed E-state index contributed by atoms with van der Waals surface area (Å²) in [4.78, 5) is 14.3. The van der Waals surface area contributed by atoms with Crippen LogP contribution >= 0.6 is 19.8 Å². The zero-order valence-electron chi connectivity index (χ0n) is 19.4. The van der Waals surface area contributed by atoms with E-state index in [1.54, 1.807) is 63.4 Å². The number of para-hydroxylation sites is 1. The molecule has 0 saturated carbocycles. The highest BCUT2D eigenvalue weighted by Crippen LogP contribution is 2.50. The van der Waals surface area contributed by atoms with E-state index in [4.69, 9.17) is 30.7 Å². The molecule has 0 aliphatic carbocycles. The number of halogens is 1. The molecule has 34 heavy (non-hydrogen) atoms.